The van der Waals surface area contributed by atoms with Crippen LogP contribution < -0.4 is 14.8 Å². The fourth-order valence-electron chi connectivity index (χ4n) is 3.81. The van der Waals surface area contributed by atoms with E-state index in [1.165, 1.54) is 12.1 Å². The van der Waals surface area contributed by atoms with E-state index in [9.17, 15) is 32.0 Å². The van der Waals surface area contributed by atoms with Gasteiger partial charge in [-0.15, -0.1) is 0 Å². The molecule has 1 fully saturated rings. The van der Waals surface area contributed by atoms with Crippen molar-refractivity contribution in [3.8, 4) is 11.6 Å². The number of hydrogen-bond acceptors (Lipinski definition) is 6. The van der Waals surface area contributed by atoms with Crippen LogP contribution in [0.5, 0.6) is 11.6 Å². The Morgan fingerprint density at radius 2 is 1.89 bits per heavy atom. The Hall–Kier alpha value is -3.87. The van der Waals surface area contributed by atoms with Crippen LogP contribution in [0.2, 0.25) is 0 Å². The highest BCUT2D eigenvalue weighted by Crippen LogP contribution is 2.40. The van der Waals surface area contributed by atoms with Crippen LogP contribution in [-0.4, -0.2) is 45.8 Å². The molecule has 36 heavy (non-hydrogen) atoms. The third-order valence-corrected chi connectivity index (χ3v) is 5.91. The number of anilines is 1. The second-order valence-corrected chi connectivity index (χ2v) is 8.23. The first-order chi connectivity index (χ1) is 17.0. The second-order valence-electron chi connectivity index (χ2n) is 8.23. The Morgan fingerprint density at radius 3 is 2.56 bits per heavy atom. The summed E-state index contributed by atoms with van der Waals surface area (Å²) < 4.78 is 74.9. The zero-order chi connectivity index (χ0) is 26.0. The number of nitrogens with zero attached hydrogens (tertiary/aromatic N) is 4. The van der Waals surface area contributed by atoms with E-state index >= 15 is 0 Å². The zero-order valence-electron chi connectivity index (χ0n) is 18.8. The maximum Gasteiger partial charge on any atom is 0.257 e. The van der Waals surface area contributed by atoms with Crippen molar-refractivity contribution in [2.45, 2.75) is 31.2 Å². The Kier molecular flexibility index (Phi) is 7.02. The topological polar surface area (TPSA) is 94.3 Å². The maximum absolute atomic E-state index is 14.6. The Morgan fingerprint density at radius 1 is 1.17 bits per heavy atom. The molecule has 4 rings (SSSR count). The first-order valence-electron chi connectivity index (χ1n) is 10.8. The third kappa shape index (κ3) is 5.35. The van der Waals surface area contributed by atoms with Crippen molar-refractivity contribution in [2.75, 3.05) is 18.4 Å². The third-order valence-electron chi connectivity index (χ3n) is 5.91. The lowest BCUT2D eigenvalue weighted by Gasteiger charge is -2.40. The quantitative estimate of drug-likeness (QED) is 0.235. The van der Waals surface area contributed by atoms with Crippen molar-refractivity contribution in [3.05, 3.63) is 77.3 Å². The Balaban J connectivity index is 1.39. The van der Waals surface area contributed by atoms with Crippen molar-refractivity contribution < 1.29 is 36.2 Å². The summed E-state index contributed by atoms with van der Waals surface area (Å²) in [5.41, 5.74) is 0.295. The van der Waals surface area contributed by atoms with Gasteiger partial charge in [0.25, 0.3) is 5.92 Å². The number of carbonyl (C=O) groups is 1. The fraction of sp³-hybridized carbons (Fsp3) is 0.304. The molecule has 1 aliphatic heterocycles. The number of alkyl halides is 2. The summed E-state index contributed by atoms with van der Waals surface area (Å²) in [6.07, 6.45) is 3.97. The molecule has 8 nitrogen and oxygen atoms in total. The predicted octanol–water partition coefficient (Wildman–Crippen LogP) is 3.77. The van der Waals surface area contributed by atoms with Crippen LogP contribution in [0.3, 0.4) is 0 Å². The largest absolute Gasteiger partial charge is 0.619 e. The van der Waals surface area contributed by atoms with Gasteiger partial charge in [-0.05, 0) is 24.6 Å². The molecule has 0 bridgehead atoms. The highest BCUT2D eigenvalue weighted by Gasteiger charge is 2.46. The van der Waals surface area contributed by atoms with E-state index in [0.29, 0.717) is 16.4 Å². The van der Waals surface area contributed by atoms with Crippen LogP contribution >= 0.6 is 0 Å². The summed E-state index contributed by atoms with van der Waals surface area (Å²) in [5, 5.41) is 13.8. The highest BCUT2D eigenvalue weighted by molar-refractivity contribution is 5.93. The number of benzene rings is 1. The molecule has 2 aromatic heterocycles. The normalized spacial score (nSPS) is 18.4. The lowest BCUT2D eigenvalue weighted by atomic mass is 9.87. The van der Waals surface area contributed by atoms with Gasteiger partial charge >= 0.3 is 0 Å². The molecule has 0 aliphatic carbocycles. The van der Waals surface area contributed by atoms with Crippen LogP contribution in [0.1, 0.15) is 24.8 Å². The molecule has 3 aromatic rings. The first kappa shape index (κ1) is 25.2. The molecule has 1 N–H and O–H groups in total. The second kappa shape index (κ2) is 10.0. The first-order valence-corrected chi connectivity index (χ1v) is 10.8. The van der Waals surface area contributed by atoms with Gasteiger partial charge in [0.15, 0.2) is 35.6 Å². The van der Waals surface area contributed by atoms with Crippen molar-refractivity contribution >= 4 is 11.7 Å². The molecule has 3 heterocycles. The number of aromatic nitrogens is 3. The number of piperidine rings is 1. The molecule has 0 saturated carbocycles. The fourth-order valence-corrected chi connectivity index (χ4v) is 3.81. The number of carbonyl (C=O) groups excluding carboxylic acids is 1. The standard InChI is InChI=1S/C23H20F5N5O3/c1-13(32-9-6-23(27,28)15(12-32)14-4-7-33(35)8-5-14)22(34)31-18-10-30-19(11-29-18)36-17-3-2-16(24)20(25)21(17)26/h2-5,7-8,10-11,13,15H,6,9,12H2,1H3,(H,29,31,34)/t13-,15+/m0/s1. The van der Waals surface area contributed by atoms with E-state index in [0.717, 1.165) is 30.9 Å². The lowest BCUT2D eigenvalue weighted by Crippen LogP contribution is -2.52. The van der Waals surface area contributed by atoms with E-state index < -0.39 is 53.4 Å². The van der Waals surface area contributed by atoms with Crippen LogP contribution in [-0.2, 0) is 4.79 Å². The average molecular weight is 509 g/mol. The number of likely N-dealkylation sites (tertiary alicyclic amines) is 1. The molecule has 1 amide bonds. The minimum atomic E-state index is -3.00. The van der Waals surface area contributed by atoms with Gasteiger partial charge in [0, 0.05) is 31.6 Å². The molecule has 0 unspecified atom stereocenters. The molecule has 0 spiro atoms. The Bertz CT molecular complexity index is 1240. The summed E-state index contributed by atoms with van der Waals surface area (Å²) in [4.78, 5) is 22.1. The van der Waals surface area contributed by atoms with Gasteiger partial charge in [-0.2, -0.15) is 9.12 Å². The van der Waals surface area contributed by atoms with Crippen molar-refractivity contribution in [1.29, 1.82) is 0 Å². The maximum atomic E-state index is 14.6. The van der Waals surface area contributed by atoms with Crippen molar-refractivity contribution in [2.24, 2.45) is 0 Å². The number of pyridine rings is 1. The minimum absolute atomic E-state index is 0.00640. The van der Waals surface area contributed by atoms with Crippen LogP contribution in [0, 0.1) is 22.7 Å². The SMILES string of the molecule is C[C@@H](C(=O)Nc1cnc(Oc2ccc(F)c(F)c2F)cn1)N1CCC(F)(F)[C@@H](c2cc[n+]([O-])cc2)C1. The highest BCUT2D eigenvalue weighted by atomic mass is 19.3. The van der Waals surface area contributed by atoms with Gasteiger partial charge in [-0.1, -0.05) is 0 Å². The van der Waals surface area contributed by atoms with Gasteiger partial charge in [-0.3, -0.25) is 9.69 Å². The molecule has 1 aliphatic rings. The molecule has 190 valence electrons. The summed E-state index contributed by atoms with van der Waals surface area (Å²) in [6.45, 7) is 1.43. The average Bonchev–Trinajstić information content (AvgIpc) is 2.85. The smallest absolute Gasteiger partial charge is 0.257 e. The van der Waals surface area contributed by atoms with Gasteiger partial charge in [0.2, 0.25) is 17.6 Å². The van der Waals surface area contributed by atoms with E-state index in [1.807, 2.05) is 0 Å². The lowest BCUT2D eigenvalue weighted by molar-refractivity contribution is -0.605. The van der Waals surface area contributed by atoms with Gasteiger partial charge in [-0.25, -0.2) is 27.5 Å². The summed E-state index contributed by atoms with van der Waals surface area (Å²) in [5.74, 6) is -10.2. The van der Waals surface area contributed by atoms with Gasteiger partial charge in [0.1, 0.15) is 0 Å². The summed E-state index contributed by atoms with van der Waals surface area (Å²) in [7, 11) is 0. The molecule has 2 atom stereocenters. The van der Waals surface area contributed by atoms with Crippen LogP contribution in [0.25, 0.3) is 0 Å². The van der Waals surface area contributed by atoms with E-state index in [4.69, 9.17) is 4.74 Å². The van der Waals surface area contributed by atoms with E-state index in [2.05, 4.69) is 15.3 Å². The number of rotatable bonds is 6. The number of amides is 1. The van der Waals surface area contributed by atoms with Crippen LogP contribution in [0.15, 0.2) is 49.1 Å². The van der Waals surface area contributed by atoms with Crippen molar-refractivity contribution in [3.63, 3.8) is 0 Å². The number of nitrogens with one attached hydrogen (secondary N) is 1. The molecule has 1 saturated heterocycles. The van der Waals surface area contributed by atoms with E-state index in [-0.39, 0.29) is 24.8 Å². The molecular formula is C23H20F5N5O3. The minimum Gasteiger partial charge on any atom is -0.619 e. The zero-order valence-corrected chi connectivity index (χ0v) is 18.8. The van der Waals surface area contributed by atoms with E-state index in [1.54, 1.807) is 11.8 Å². The molecule has 1 aromatic carbocycles. The number of halogens is 5. The number of ether oxygens (including phenoxy) is 1. The van der Waals surface area contributed by atoms with Gasteiger partial charge < -0.3 is 15.3 Å². The van der Waals surface area contributed by atoms with Crippen LogP contribution in [0.4, 0.5) is 27.8 Å². The summed E-state index contributed by atoms with van der Waals surface area (Å²) >= 11 is 0. The molecular weight excluding hydrogens is 489 g/mol. The van der Waals surface area contributed by atoms with Crippen molar-refractivity contribution in [1.82, 2.24) is 14.9 Å². The number of hydrogen-bond donors (Lipinski definition) is 1. The van der Waals surface area contributed by atoms with Gasteiger partial charge in [0.05, 0.1) is 24.4 Å². The summed E-state index contributed by atoms with van der Waals surface area (Å²) in [6, 6.07) is 3.45. The molecule has 13 heteroatoms. The predicted molar refractivity (Wildman–Crippen MR) is 116 cm³/mol. The molecule has 0 radical (unpaired) electrons. The monoisotopic (exact) mass is 509 g/mol. The Labute approximate surface area is 201 Å².